The second-order valence-electron chi connectivity index (χ2n) is 14.1. The molecular formula is C41H40N10O4. The Kier molecular flexibility index (Phi) is 8.83. The van der Waals surface area contributed by atoms with Crippen LogP contribution in [-0.4, -0.2) is 115 Å². The number of para-hydroxylation sites is 4. The quantitative estimate of drug-likeness (QED) is 0.212. The molecule has 0 bridgehead atoms. The predicted octanol–water partition coefficient (Wildman–Crippen LogP) is 5.41. The molecule has 10 rings (SSSR count). The number of hydrogen-bond donors (Lipinski definition) is 3. The lowest BCUT2D eigenvalue weighted by atomic mass is 10.2. The Morgan fingerprint density at radius 1 is 0.564 bits per heavy atom. The summed E-state index contributed by atoms with van der Waals surface area (Å²) in [6.45, 7) is 7.78. The summed E-state index contributed by atoms with van der Waals surface area (Å²) in [6, 6.07) is 26.6. The molecular weight excluding hydrogens is 697 g/mol. The van der Waals surface area contributed by atoms with E-state index in [9.17, 15) is 19.8 Å². The van der Waals surface area contributed by atoms with E-state index in [1.807, 2.05) is 81.6 Å². The fourth-order valence-corrected chi connectivity index (χ4v) is 7.78. The Labute approximate surface area is 315 Å². The van der Waals surface area contributed by atoms with Gasteiger partial charge in [-0.05, 0) is 93.6 Å². The van der Waals surface area contributed by atoms with Crippen molar-refractivity contribution in [2.75, 3.05) is 69.2 Å². The second-order valence-corrected chi connectivity index (χ2v) is 14.1. The van der Waals surface area contributed by atoms with Crippen LogP contribution >= 0.6 is 0 Å². The Morgan fingerprint density at radius 2 is 1.09 bits per heavy atom. The highest BCUT2D eigenvalue weighted by atomic mass is 16.4. The predicted molar refractivity (Wildman–Crippen MR) is 214 cm³/mol. The first kappa shape index (κ1) is 34.4. The summed E-state index contributed by atoms with van der Waals surface area (Å²) < 4.78 is 3.75. The minimum atomic E-state index is -0.986. The monoisotopic (exact) mass is 736 g/mol. The van der Waals surface area contributed by atoms with Crippen molar-refractivity contribution in [2.24, 2.45) is 0 Å². The molecule has 6 aromatic heterocycles. The number of likely N-dealkylation sites (N-methyl/N-ethyl adjacent to an activating group) is 1. The number of imidazole rings is 2. The van der Waals surface area contributed by atoms with Crippen LogP contribution in [0, 0.1) is 0 Å². The molecule has 0 amide bonds. The van der Waals surface area contributed by atoms with E-state index >= 15 is 0 Å². The average molecular weight is 737 g/mol. The lowest BCUT2D eigenvalue weighted by Gasteiger charge is -2.22. The first-order valence-electron chi connectivity index (χ1n) is 18.6. The van der Waals surface area contributed by atoms with Crippen molar-refractivity contribution >= 4 is 79.0 Å². The number of carboxylic acid groups (broad SMARTS) is 2. The zero-order chi connectivity index (χ0) is 37.6. The first-order chi connectivity index (χ1) is 26.8. The zero-order valence-electron chi connectivity index (χ0n) is 30.4. The summed E-state index contributed by atoms with van der Waals surface area (Å²) in [5, 5.41) is 24.4. The van der Waals surface area contributed by atoms with Gasteiger partial charge in [-0.2, -0.15) is 0 Å². The van der Waals surface area contributed by atoms with Gasteiger partial charge in [-0.25, -0.2) is 29.5 Å². The van der Waals surface area contributed by atoms with E-state index in [1.54, 1.807) is 12.1 Å². The second kappa shape index (κ2) is 14.1. The van der Waals surface area contributed by atoms with Gasteiger partial charge in [0, 0.05) is 50.0 Å². The van der Waals surface area contributed by atoms with Gasteiger partial charge < -0.3 is 30.2 Å². The molecule has 2 fully saturated rings. The van der Waals surface area contributed by atoms with Gasteiger partial charge in [0.15, 0.2) is 11.3 Å². The molecule has 14 nitrogen and oxygen atoms in total. The third kappa shape index (κ3) is 6.28. The van der Waals surface area contributed by atoms with E-state index in [2.05, 4.69) is 37.0 Å². The van der Waals surface area contributed by atoms with Crippen molar-refractivity contribution in [2.45, 2.75) is 12.8 Å². The fraction of sp³-hybridized carbons (Fsp3) is 0.268. The van der Waals surface area contributed by atoms with Crippen LogP contribution in [0.1, 0.15) is 33.6 Å². The highest BCUT2D eigenvalue weighted by Gasteiger charge is 2.21. The zero-order valence-corrected chi connectivity index (χ0v) is 30.4. The topological polar surface area (TPSA) is 157 Å². The first-order valence-corrected chi connectivity index (χ1v) is 18.6. The minimum absolute atomic E-state index is 0.187. The number of aromatic nitrogens is 6. The third-order valence-corrected chi connectivity index (χ3v) is 10.6. The van der Waals surface area contributed by atoms with Gasteiger partial charge in [-0.3, -0.25) is 8.80 Å². The fourth-order valence-electron chi connectivity index (χ4n) is 7.78. The molecule has 0 saturated carbocycles. The molecule has 55 heavy (non-hydrogen) atoms. The number of rotatable bonds is 4. The number of pyridine rings is 4. The van der Waals surface area contributed by atoms with Crippen molar-refractivity contribution in [3.05, 3.63) is 96.1 Å². The van der Waals surface area contributed by atoms with Crippen LogP contribution in [0.25, 0.3) is 55.4 Å². The van der Waals surface area contributed by atoms with Crippen molar-refractivity contribution in [3.63, 3.8) is 0 Å². The van der Waals surface area contributed by atoms with Crippen LogP contribution < -0.4 is 15.1 Å². The van der Waals surface area contributed by atoms with Gasteiger partial charge in [-0.15, -0.1) is 0 Å². The number of carbonyl (C=O) groups is 2. The minimum Gasteiger partial charge on any atom is -0.478 e. The lowest BCUT2D eigenvalue weighted by molar-refractivity contribution is 0.0687. The molecule has 3 N–H and O–H groups in total. The van der Waals surface area contributed by atoms with Gasteiger partial charge in [-0.1, -0.05) is 24.3 Å². The molecule has 8 heterocycles. The molecule has 2 aliphatic heterocycles. The molecule has 0 unspecified atom stereocenters. The number of hydrogen-bond acceptors (Lipinski definition) is 10. The normalized spacial score (nSPS) is 15.8. The molecule has 0 radical (unpaired) electrons. The molecule has 2 aromatic carbocycles. The number of nitrogens with one attached hydrogen (secondary N) is 1. The van der Waals surface area contributed by atoms with Crippen molar-refractivity contribution in [1.82, 2.24) is 39.0 Å². The standard InChI is InChI=1S/C21H21N5O2.C20H19N5O2/c1-24-9-4-10-25(12-11-24)18-8-7-14-13-15(21(27)28)20-22-16-5-2-3-6-17(16)26(20)19(14)23-18;26-20(27)14-12-13-6-7-17(24-10-3-8-21-9-11-24)23-18(13)25-16-5-2-1-4-15(16)22-19(14)25/h2-3,5-8,13H,4,9-12H2,1H3,(H,27,28);1-2,4-7,12,21H,3,8-11H2,(H,26,27). The van der Waals surface area contributed by atoms with Gasteiger partial charge in [0.25, 0.3) is 0 Å². The molecule has 0 aliphatic carbocycles. The van der Waals surface area contributed by atoms with Gasteiger partial charge in [0.05, 0.1) is 22.1 Å². The smallest absolute Gasteiger partial charge is 0.339 e. The Balaban J connectivity index is 0.000000144. The van der Waals surface area contributed by atoms with Gasteiger partial charge in [0.1, 0.15) is 34.1 Å². The van der Waals surface area contributed by atoms with E-state index in [4.69, 9.17) is 9.97 Å². The SMILES string of the molecule is CN1CCCN(c2ccc3cc(C(=O)O)c4nc5ccccc5n4c3n2)CC1.O=C(O)c1cc2ccc(N3CCCNCC3)nc2n2c1nc1ccccc12. The Bertz CT molecular complexity index is 2770. The average Bonchev–Trinajstić information content (AvgIpc) is 3.55. The van der Waals surface area contributed by atoms with Crippen LogP contribution in [-0.2, 0) is 0 Å². The van der Waals surface area contributed by atoms with E-state index in [0.717, 1.165) is 121 Å². The maximum Gasteiger partial charge on any atom is 0.339 e. The maximum atomic E-state index is 11.8. The summed E-state index contributed by atoms with van der Waals surface area (Å²) in [5.41, 5.74) is 5.97. The summed E-state index contributed by atoms with van der Waals surface area (Å²) >= 11 is 0. The van der Waals surface area contributed by atoms with Crippen LogP contribution in [0.4, 0.5) is 11.6 Å². The number of benzene rings is 2. The molecule has 0 spiro atoms. The largest absolute Gasteiger partial charge is 0.478 e. The number of nitrogens with zero attached hydrogens (tertiary/aromatic N) is 9. The van der Waals surface area contributed by atoms with Crippen LogP contribution in [0.15, 0.2) is 84.9 Å². The van der Waals surface area contributed by atoms with E-state index in [1.165, 1.54) is 0 Å². The molecule has 2 aliphatic rings. The Hall–Kier alpha value is -6.38. The highest BCUT2D eigenvalue weighted by molar-refractivity contribution is 6.03. The third-order valence-electron chi connectivity index (χ3n) is 10.6. The summed E-state index contributed by atoms with van der Waals surface area (Å²) in [6.07, 6.45) is 2.17. The summed E-state index contributed by atoms with van der Waals surface area (Å²) in [4.78, 5) is 49.6. The Morgan fingerprint density at radius 3 is 1.65 bits per heavy atom. The van der Waals surface area contributed by atoms with Crippen LogP contribution in [0.3, 0.4) is 0 Å². The highest BCUT2D eigenvalue weighted by Crippen LogP contribution is 2.29. The number of anilines is 2. The molecule has 278 valence electrons. The lowest BCUT2D eigenvalue weighted by Crippen LogP contribution is -2.29. The number of fused-ring (bicyclic) bond motifs is 10. The number of carboxylic acids is 2. The van der Waals surface area contributed by atoms with Crippen molar-refractivity contribution < 1.29 is 19.8 Å². The van der Waals surface area contributed by atoms with E-state index in [0.29, 0.717) is 11.3 Å². The van der Waals surface area contributed by atoms with Crippen LogP contribution in [0.2, 0.25) is 0 Å². The van der Waals surface area contributed by atoms with Crippen LogP contribution in [0.5, 0.6) is 0 Å². The molecule has 8 aromatic rings. The van der Waals surface area contributed by atoms with Crippen molar-refractivity contribution in [1.29, 1.82) is 0 Å². The maximum absolute atomic E-state index is 11.8. The van der Waals surface area contributed by atoms with Gasteiger partial charge in [0.2, 0.25) is 0 Å². The summed E-state index contributed by atoms with van der Waals surface area (Å²) in [7, 11) is 2.14. The number of aromatic carboxylic acids is 2. The van der Waals surface area contributed by atoms with Crippen molar-refractivity contribution in [3.8, 4) is 0 Å². The molecule has 0 atom stereocenters. The molecule has 14 heteroatoms. The summed E-state index contributed by atoms with van der Waals surface area (Å²) in [5.74, 6) is -0.139. The molecule has 2 saturated heterocycles. The van der Waals surface area contributed by atoms with E-state index < -0.39 is 11.9 Å². The van der Waals surface area contributed by atoms with E-state index in [-0.39, 0.29) is 11.1 Å². The van der Waals surface area contributed by atoms with Gasteiger partial charge >= 0.3 is 11.9 Å².